The largest absolute Gasteiger partial charge is 0.387 e. The number of alkyl halides is 1. The summed E-state index contributed by atoms with van der Waals surface area (Å²) in [5.41, 5.74) is 0.721. The molecule has 0 aliphatic heterocycles. The third-order valence-corrected chi connectivity index (χ3v) is 4.38. The van der Waals surface area contributed by atoms with Gasteiger partial charge in [-0.3, -0.25) is 4.79 Å². The summed E-state index contributed by atoms with van der Waals surface area (Å²) in [6.45, 7) is 6.31. The molecule has 3 rings (SSSR count). The number of hydrogen-bond donors (Lipinski definition) is 4. The van der Waals surface area contributed by atoms with E-state index in [0.717, 1.165) is 5.69 Å². The molecule has 0 radical (unpaired) electrons. The van der Waals surface area contributed by atoms with Gasteiger partial charge in [-0.2, -0.15) is 5.10 Å². The van der Waals surface area contributed by atoms with Crippen LogP contribution in [0.5, 0.6) is 0 Å². The summed E-state index contributed by atoms with van der Waals surface area (Å²) >= 11 is 0. The van der Waals surface area contributed by atoms with Crippen molar-refractivity contribution in [1.82, 2.24) is 24.9 Å². The van der Waals surface area contributed by atoms with Crippen molar-refractivity contribution in [2.24, 2.45) is 0 Å². The third-order valence-electron chi connectivity index (χ3n) is 4.38. The van der Waals surface area contributed by atoms with E-state index in [4.69, 9.17) is 0 Å². The molecule has 3 aromatic heterocycles. The van der Waals surface area contributed by atoms with Crippen LogP contribution in [0.4, 0.5) is 21.6 Å². The molecule has 3 heterocycles. The molecule has 3 aromatic rings. The molecule has 1 amide bonds. The molecule has 0 aliphatic rings. The van der Waals surface area contributed by atoms with E-state index in [-0.39, 0.29) is 18.2 Å². The minimum absolute atomic E-state index is 0.0428. The van der Waals surface area contributed by atoms with Crippen molar-refractivity contribution >= 4 is 28.6 Å². The zero-order valence-corrected chi connectivity index (χ0v) is 17.3. The van der Waals surface area contributed by atoms with Gasteiger partial charge in [-0.05, 0) is 39.8 Å². The van der Waals surface area contributed by atoms with Gasteiger partial charge in [0, 0.05) is 12.2 Å². The number of anilines is 3. The molecule has 30 heavy (non-hydrogen) atoms. The van der Waals surface area contributed by atoms with E-state index in [1.807, 2.05) is 19.9 Å². The number of halogens is 1. The molecule has 4 N–H and O–H groups in total. The van der Waals surface area contributed by atoms with Crippen LogP contribution >= 0.6 is 0 Å². The fraction of sp³-hybridized carbons (Fsp3) is 0.400. The molecule has 10 heteroatoms. The van der Waals surface area contributed by atoms with Gasteiger partial charge in [0.05, 0.1) is 47.0 Å². The highest BCUT2D eigenvalue weighted by Crippen LogP contribution is 2.27. The van der Waals surface area contributed by atoms with Crippen LogP contribution in [0, 0.1) is 0 Å². The number of fused-ring (bicyclic) bond motifs is 1. The first-order chi connectivity index (χ1) is 14.1. The molecule has 9 nitrogen and oxygen atoms in total. The van der Waals surface area contributed by atoms with E-state index < -0.39 is 17.7 Å². The highest BCUT2D eigenvalue weighted by atomic mass is 19.1. The summed E-state index contributed by atoms with van der Waals surface area (Å²) in [6.07, 6.45) is 4.67. The van der Waals surface area contributed by atoms with Gasteiger partial charge in [0.1, 0.15) is 18.3 Å². The van der Waals surface area contributed by atoms with E-state index >= 15 is 0 Å². The maximum Gasteiger partial charge on any atom is 0.255 e. The summed E-state index contributed by atoms with van der Waals surface area (Å²) in [5.74, 6) is 0.143. The van der Waals surface area contributed by atoms with E-state index in [1.54, 1.807) is 23.0 Å². The van der Waals surface area contributed by atoms with Crippen molar-refractivity contribution in [2.75, 3.05) is 17.2 Å². The molecule has 160 valence electrons. The molecule has 0 aromatic carbocycles. The van der Waals surface area contributed by atoms with Crippen molar-refractivity contribution in [3.8, 4) is 0 Å². The second-order valence-corrected chi connectivity index (χ2v) is 7.84. The van der Waals surface area contributed by atoms with Crippen LogP contribution in [0.1, 0.15) is 38.1 Å². The smallest absolute Gasteiger partial charge is 0.255 e. The lowest BCUT2D eigenvalue weighted by Gasteiger charge is -2.23. The SMILES string of the molecule is CC(C)Nc1c(C(=O)NCC(F)C(C)(C)O)cnn2cc(Nc3ccncn3)cc12. The summed E-state index contributed by atoms with van der Waals surface area (Å²) in [6, 6.07) is 3.62. The number of carbonyl (C=O) groups excluding carboxylic acids is 1. The Morgan fingerprint density at radius 3 is 2.77 bits per heavy atom. The lowest BCUT2D eigenvalue weighted by atomic mass is 10.0. The maximum atomic E-state index is 14.0. The first-order valence-corrected chi connectivity index (χ1v) is 9.60. The number of rotatable bonds is 8. The summed E-state index contributed by atoms with van der Waals surface area (Å²) in [7, 11) is 0. The Morgan fingerprint density at radius 2 is 2.13 bits per heavy atom. The van der Waals surface area contributed by atoms with Crippen molar-refractivity contribution in [3.63, 3.8) is 0 Å². The van der Waals surface area contributed by atoms with Gasteiger partial charge in [0.2, 0.25) is 0 Å². The van der Waals surface area contributed by atoms with Crippen LogP contribution in [0.3, 0.4) is 0 Å². The van der Waals surface area contributed by atoms with E-state index in [9.17, 15) is 14.3 Å². The monoisotopic (exact) mass is 415 g/mol. The molecule has 0 spiro atoms. The van der Waals surface area contributed by atoms with Crippen LogP contribution in [-0.4, -0.2) is 55.0 Å². The van der Waals surface area contributed by atoms with Crippen LogP contribution < -0.4 is 16.0 Å². The molecule has 0 saturated carbocycles. The van der Waals surface area contributed by atoms with Crippen molar-refractivity contribution in [2.45, 2.75) is 45.5 Å². The zero-order chi connectivity index (χ0) is 21.9. The number of hydrogen-bond acceptors (Lipinski definition) is 7. The molecule has 0 saturated heterocycles. The highest BCUT2D eigenvalue weighted by Gasteiger charge is 2.27. The van der Waals surface area contributed by atoms with Crippen LogP contribution in [-0.2, 0) is 0 Å². The van der Waals surface area contributed by atoms with E-state index in [0.29, 0.717) is 17.0 Å². The van der Waals surface area contributed by atoms with Crippen molar-refractivity contribution in [1.29, 1.82) is 0 Å². The van der Waals surface area contributed by atoms with Crippen LogP contribution in [0.15, 0.2) is 37.1 Å². The van der Waals surface area contributed by atoms with Crippen molar-refractivity contribution < 1.29 is 14.3 Å². The first-order valence-electron chi connectivity index (χ1n) is 9.60. The van der Waals surface area contributed by atoms with Gasteiger partial charge in [0.25, 0.3) is 5.91 Å². The molecule has 0 bridgehead atoms. The number of amides is 1. The van der Waals surface area contributed by atoms with E-state index in [2.05, 4.69) is 31.0 Å². The lowest BCUT2D eigenvalue weighted by Crippen LogP contribution is -2.42. The van der Waals surface area contributed by atoms with Gasteiger partial charge in [-0.25, -0.2) is 18.9 Å². The number of aromatic nitrogens is 4. The second-order valence-electron chi connectivity index (χ2n) is 7.84. The van der Waals surface area contributed by atoms with E-state index in [1.165, 1.54) is 26.4 Å². The Hall–Kier alpha value is -3.27. The van der Waals surface area contributed by atoms with Gasteiger partial charge in [-0.1, -0.05) is 0 Å². The molecular formula is C20H26FN7O2. The van der Waals surface area contributed by atoms with Crippen molar-refractivity contribution in [3.05, 3.63) is 42.6 Å². The third kappa shape index (κ3) is 5.01. The van der Waals surface area contributed by atoms with Gasteiger partial charge < -0.3 is 21.1 Å². The Morgan fingerprint density at radius 1 is 1.37 bits per heavy atom. The standard InChI is InChI=1S/C20H26FN7O2/c1-12(2)26-18-14(19(29)23-9-16(21)20(3,4)30)8-25-28-10-13(7-15(18)28)27-17-5-6-22-11-24-17/h5-8,10-12,16,26,30H,9H2,1-4H3,(H,23,29)(H,22,24,27). The molecular weight excluding hydrogens is 389 g/mol. The normalized spacial score (nSPS) is 12.8. The molecule has 1 atom stereocenters. The van der Waals surface area contributed by atoms with Crippen LogP contribution in [0.2, 0.25) is 0 Å². The Kier molecular flexibility index (Phi) is 6.16. The first kappa shape index (κ1) is 21.4. The minimum Gasteiger partial charge on any atom is -0.387 e. The summed E-state index contributed by atoms with van der Waals surface area (Å²) in [4.78, 5) is 20.8. The summed E-state index contributed by atoms with van der Waals surface area (Å²) in [5, 5.41) is 23.0. The van der Waals surface area contributed by atoms with Gasteiger partial charge in [0.15, 0.2) is 0 Å². The average Bonchev–Trinajstić information content (AvgIpc) is 3.08. The Labute approximate surface area is 173 Å². The minimum atomic E-state index is -1.60. The fourth-order valence-electron chi connectivity index (χ4n) is 2.78. The number of nitrogens with one attached hydrogen (secondary N) is 3. The fourth-order valence-corrected chi connectivity index (χ4v) is 2.78. The van der Waals surface area contributed by atoms with Gasteiger partial charge in [-0.15, -0.1) is 0 Å². The molecule has 0 aliphatic carbocycles. The summed E-state index contributed by atoms with van der Waals surface area (Å²) < 4.78 is 15.7. The average molecular weight is 415 g/mol. The lowest BCUT2D eigenvalue weighted by molar-refractivity contribution is -0.00177. The maximum absolute atomic E-state index is 14.0. The zero-order valence-electron chi connectivity index (χ0n) is 17.3. The van der Waals surface area contributed by atoms with Gasteiger partial charge >= 0.3 is 0 Å². The van der Waals surface area contributed by atoms with Crippen LogP contribution in [0.25, 0.3) is 5.52 Å². The quantitative estimate of drug-likeness (QED) is 0.447. The Bertz CT molecular complexity index is 1020. The molecule has 1 unspecified atom stereocenters. The predicted molar refractivity (Wildman–Crippen MR) is 113 cm³/mol. The number of carbonyl (C=O) groups is 1. The predicted octanol–water partition coefficient (Wildman–Crippen LogP) is 2.53. The number of aliphatic hydroxyl groups is 1. The number of nitrogens with zero attached hydrogens (tertiary/aromatic N) is 4. The highest BCUT2D eigenvalue weighted by molar-refractivity contribution is 6.03. The topological polar surface area (TPSA) is 116 Å². The molecule has 0 fully saturated rings. The Balaban J connectivity index is 1.91. The second kappa shape index (κ2) is 8.62.